The van der Waals surface area contributed by atoms with Crippen LogP contribution in [0.5, 0.6) is 0 Å². The molecule has 4 rings (SSSR count). The Morgan fingerprint density at radius 1 is 1.22 bits per heavy atom. The monoisotopic (exact) mass is 361 g/mol. The number of aryl methyl sites for hydroxylation is 2. The third-order valence-corrected chi connectivity index (χ3v) is 4.57. The zero-order valence-corrected chi connectivity index (χ0v) is 15.1. The normalized spacial score (nSPS) is 11.0. The second-order valence-electron chi connectivity index (χ2n) is 6.39. The third-order valence-electron chi connectivity index (χ3n) is 4.57. The Morgan fingerprint density at radius 2 is 2.11 bits per heavy atom. The summed E-state index contributed by atoms with van der Waals surface area (Å²) < 4.78 is 7.00. The Morgan fingerprint density at radius 3 is 2.89 bits per heavy atom. The van der Waals surface area contributed by atoms with E-state index in [2.05, 4.69) is 39.4 Å². The lowest BCUT2D eigenvalue weighted by molar-refractivity contribution is 0.0955. The highest BCUT2D eigenvalue weighted by atomic mass is 16.3. The van der Waals surface area contributed by atoms with Gasteiger partial charge in [0, 0.05) is 24.0 Å². The first-order chi connectivity index (χ1) is 13.1. The number of nitrogens with zero attached hydrogens (tertiary/aromatic N) is 4. The molecule has 7 nitrogen and oxygen atoms in total. The summed E-state index contributed by atoms with van der Waals surface area (Å²) >= 11 is 0. The number of nitrogens with one attached hydrogen (secondary N) is 1. The minimum atomic E-state index is -0.168. The fourth-order valence-corrected chi connectivity index (χ4v) is 3.06. The quantitative estimate of drug-likeness (QED) is 0.591. The average molecular weight is 361 g/mol. The van der Waals surface area contributed by atoms with Crippen molar-refractivity contribution >= 4 is 11.6 Å². The minimum Gasteiger partial charge on any atom is -0.444 e. The lowest BCUT2D eigenvalue weighted by Gasteiger charge is -2.08. The number of carbonyl (C=O) groups is 1. The number of benzene rings is 1. The number of hydrogen-bond acceptors (Lipinski definition) is 5. The van der Waals surface area contributed by atoms with E-state index in [1.165, 1.54) is 12.0 Å². The molecule has 0 atom stereocenters. The van der Waals surface area contributed by atoms with Crippen molar-refractivity contribution < 1.29 is 9.21 Å². The number of fused-ring (bicyclic) bond motifs is 1. The molecule has 1 aromatic carbocycles. The summed E-state index contributed by atoms with van der Waals surface area (Å²) in [6.07, 6.45) is 7.09. The summed E-state index contributed by atoms with van der Waals surface area (Å²) in [7, 11) is 0. The maximum Gasteiger partial charge on any atom is 0.256 e. The summed E-state index contributed by atoms with van der Waals surface area (Å²) in [6, 6.07) is 7.98. The Labute approximate surface area is 156 Å². The van der Waals surface area contributed by atoms with Gasteiger partial charge in [0.25, 0.3) is 5.91 Å². The molecule has 1 N–H and O–H groups in total. The van der Waals surface area contributed by atoms with Crippen LogP contribution in [0.2, 0.25) is 0 Å². The molecule has 136 valence electrons. The molecule has 0 saturated carbocycles. The van der Waals surface area contributed by atoms with E-state index in [-0.39, 0.29) is 5.91 Å². The van der Waals surface area contributed by atoms with Crippen LogP contribution in [0.25, 0.3) is 17.0 Å². The van der Waals surface area contributed by atoms with E-state index in [0.29, 0.717) is 17.8 Å². The number of amides is 1. The molecular weight excluding hydrogens is 342 g/mol. The fourth-order valence-electron chi connectivity index (χ4n) is 3.06. The number of oxazole rings is 1. The van der Waals surface area contributed by atoms with Crippen molar-refractivity contribution in [1.82, 2.24) is 24.9 Å². The van der Waals surface area contributed by atoms with Gasteiger partial charge < -0.3 is 9.73 Å². The average Bonchev–Trinajstić information content (AvgIpc) is 3.33. The number of rotatable bonds is 5. The van der Waals surface area contributed by atoms with Crippen LogP contribution in [0.4, 0.5) is 0 Å². The SMILES string of the molecule is Cc1cc(-c2cnco2)ccc1CCNC(=O)c1cnn2c(C)ccnc12. The van der Waals surface area contributed by atoms with Gasteiger partial charge in [0.2, 0.25) is 0 Å². The molecule has 7 heteroatoms. The first kappa shape index (κ1) is 17.0. The molecule has 1 amide bonds. The molecule has 0 spiro atoms. The highest BCUT2D eigenvalue weighted by Crippen LogP contribution is 2.22. The predicted molar refractivity (Wildman–Crippen MR) is 100 cm³/mol. The molecule has 3 aromatic heterocycles. The van der Waals surface area contributed by atoms with E-state index in [1.807, 2.05) is 19.1 Å². The predicted octanol–water partition coefficient (Wildman–Crippen LogP) is 2.97. The molecule has 0 bridgehead atoms. The lowest BCUT2D eigenvalue weighted by Crippen LogP contribution is -2.25. The largest absolute Gasteiger partial charge is 0.444 e. The molecule has 0 radical (unpaired) electrons. The van der Waals surface area contributed by atoms with Crippen molar-refractivity contribution in [2.75, 3.05) is 6.54 Å². The van der Waals surface area contributed by atoms with Crippen LogP contribution in [0, 0.1) is 13.8 Å². The Hall–Kier alpha value is -3.48. The summed E-state index contributed by atoms with van der Waals surface area (Å²) in [5.41, 5.74) is 5.29. The number of aromatic nitrogens is 4. The van der Waals surface area contributed by atoms with Crippen LogP contribution >= 0.6 is 0 Å². The van der Waals surface area contributed by atoms with Gasteiger partial charge in [-0.3, -0.25) is 4.79 Å². The molecular formula is C20H19N5O2. The second kappa shape index (κ2) is 7.03. The fraction of sp³-hybridized carbons (Fsp3) is 0.200. The van der Waals surface area contributed by atoms with Crippen LogP contribution < -0.4 is 5.32 Å². The highest BCUT2D eigenvalue weighted by molar-refractivity contribution is 5.99. The number of carbonyl (C=O) groups excluding carboxylic acids is 1. The summed E-state index contributed by atoms with van der Waals surface area (Å²) in [5.74, 6) is 0.577. The van der Waals surface area contributed by atoms with E-state index >= 15 is 0 Å². The van der Waals surface area contributed by atoms with E-state index in [9.17, 15) is 4.79 Å². The van der Waals surface area contributed by atoms with Gasteiger partial charge in [-0.1, -0.05) is 12.1 Å². The zero-order chi connectivity index (χ0) is 18.8. The first-order valence-corrected chi connectivity index (χ1v) is 8.69. The van der Waals surface area contributed by atoms with Gasteiger partial charge in [0.15, 0.2) is 17.8 Å². The summed E-state index contributed by atoms with van der Waals surface area (Å²) in [4.78, 5) is 20.7. The van der Waals surface area contributed by atoms with Gasteiger partial charge in [-0.2, -0.15) is 5.10 Å². The molecule has 0 aliphatic carbocycles. The number of hydrogen-bond donors (Lipinski definition) is 1. The van der Waals surface area contributed by atoms with Crippen LogP contribution in [0.3, 0.4) is 0 Å². The zero-order valence-electron chi connectivity index (χ0n) is 15.1. The maximum atomic E-state index is 12.5. The Balaban J connectivity index is 1.42. The first-order valence-electron chi connectivity index (χ1n) is 8.69. The van der Waals surface area contributed by atoms with Gasteiger partial charge in [-0.05, 0) is 43.5 Å². The van der Waals surface area contributed by atoms with Crippen LogP contribution in [-0.2, 0) is 6.42 Å². The molecule has 0 aliphatic rings. The smallest absolute Gasteiger partial charge is 0.256 e. The van der Waals surface area contributed by atoms with Crippen molar-refractivity contribution in [3.63, 3.8) is 0 Å². The Bertz CT molecular complexity index is 1100. The van der Waals surface area contributed by atoms with E-state index < -0.39 is 0 Å². The molecule has 4 aromatic rings. The standard InChI is InChI=1S/C20H19N5O2/c1-13-9-16(18-11-21-12-27-18)4-3-15(13)6-8-23-20(26)17-10-24-25-14(2)5-7-22-19(17)25/h3-5,7,9-12H,6,8H2,1-2H3,(H,23,26). The molecule has 0 unspecified atom stereocenters. The van der Waals surface area contributed by atoms with Gasteiger partial charge in [-0.25, -0.2) is 14.5 Å². The molecule has 0 fully saturated rings. The van der Waals surface area contributed by atoms with Crippen molar-refractivity contribution in [3.05, 3.63) is 71.6 Å². The van der Waals surface area contributed by atoms with E-state index in [0.717, 1.165) is 29.0 Å². The van der Waals surface area contributed by atoms with Crippen LogP contribution in [0.15, 0.2) is 53.7 Å². The van der Waals surface area contributed by atoms with E-state index in [1.54, 1.807) is 23.1 Å². The van der Waals surface area contributed by atoms with Crippen molar-refractivity contribution in [2.45, 2.75) is 20.3 Å². The van der Waals surface area contributed by atoms with Gasteiger partial charge in [0.1, 0.15) is 5.56 Å². The molecule has 0 aliphatic heterocycles. The van der Waals surface area contributed by atoms with Crippen molar-refractivity contribution in [1.29, 1.82) is 0 Å². The molecule has 3 heterocycles. The van der Waals surface area contributed by atoms with Gasteiger partial charge in [-0.15, -0.1) is 0 Å². The van der Waals surface area contributed by atoms with Crippen molar-refractivity contribution in [2.24, 2.45) is 0 Å². The Kier molecular flexibility index (Phi) is 4.42. The van der Waals surface area contributed by atoms with Crippen LogP contribution in [0.1, 0.15) is 27.2 Å². The summed E-state index contributed by atoms with van der Waals surface area (Å²) in [6.45, 7) is 4.51. The molecule has 0 saturated heterocycles. The van der Waals surface area contributed by atoms with E-state index in [4.69, 9.17) is 4.42 Å². The van der Waals surface area contributed by atoms with Gasteiger partial charge in [0.05, 0.1) is 12.4 Å². The van der Waals surface area contributed by atoms with Crippen molar-refractivity contribution in [3.8, 4) is 11.3 Å². The lowest BCUT2D eigenvalue weighted by atomic mass is 10.0. The van der Waals surface area contributed by atoms with Crippen LogP contribution in [-0.4, -0.2) is 32.0 Å². The maximum absolute atomic E-state index is 12.5. The summed E-state index contributed by atoms with van der Waals surface area (Å²) in [5, 5.41) is 7.19. The third kappa shape index (κ3) is 3.31. The highest BCUT2D eigenvalue weighted by Gasteiger charge is 2.14. The minimum absolute atomic E-state index is 0.168. The molecule has 27 heavy (non-hydrogen) atoms. The topological polar surface area (TPSA) is 85.3 Å². The second-order valence-corrected chi connectivity index (χ2v) is 6.39. The van der Waals surface area contributed by atoms with Gasteiger partial charge >= 0.3 is 0 Å².